The van der Waals surface area contributed by atoms with Crippen molar-refractivity contribution in [3.05, 3.63) is 30.1 Å². The van der Waals surface area contributed by atoms with Gasteiger partial charge in [0.1, 0.15) is 0 Å². The number of halogens is 3. The van der Waals surface area contributed by atoms with Gasteiger partial charge in [-0.3, -0.25) is 9.88 Å². The Morgan fingerprint density at radius 3 is 2.45 bits per heavy atom. The quantitative estimate of drug-likeness (QED) is 0.855. The highest BCUT2D eigenvalue weighted by atomic mass is 19.4. The van der Waals surface area contributed by atoms with E-state index in [4.69, 9.17) is 9.90 Å². The first kappa shape index (κ1) is 16.4. The van der Waals surface area contributed by atoms with Crippen LogP contribution in [0.4, 0.5) is 13.2 Å². The monoisotopic (exact) mass is 291 g/mol. The van der Waals surface area contributed by atoms with Crippen LogP contribution in [0.1, 0.15) is 5.56 Å². The van der Waals surface area contributed by atoms with Crippen LogP contribution in [0.3, 0.4) is 0 Å². The molecule has 0 atom stereocenters. The van der Waals surface area contributed by atoms with Crippen LogP contribution in [0.25, 0.3) is 0 Å². The van der Waals surface area contributed by atoms with E-state index >= 15 is 0 Å². The molecular formula is C12H16F3N3O2. The summed E-state index contributed by atoms with van der Waals surface area (Å²) in [5, 5.41) is 10.5. The molecule has 0 saturated carbocycles. The van der Waals surface area contributed by atoms with Crippen LogP contribution in [-0.2, 0) is 11.3 Å². The molecule has 2 heterocycles. The lowest BCUT2D eigenvalue weighted by molar-refractivity contribution is -0.192. The molecule has 0 unspecified atom stereocenters. The summed E-state index contributed by atoms with van der Waals surface area (Å²) in [4.78, 5) is 15.5. The van der Waals surface area contributed by atoms with Gasteiger partial charge >= 0.3 is 12.1 Å². The van der Waals surface area contributed by atoms with Gasteiger partial charge in [-0.2, -0.15) is 13.2 Å². The summed E-state index contributed by atoms with van der Waals surface area (Å²) >= 11 is 0. The molecule has 0 aromatic carbocycles. The molecule has 0 spiro atoms. The highest BCUT2D eigenvalue weighted by molar-refractivity contribution is 5.73. The maximum absolute atomic E-state index is 10.6. The number of alkyl halides is 3. The van der Waals surface area contributed by atoms with Crippen LogP contribution in [0.15, 0.2) is 24.5 Å². The molecule has 1 fully saturated rings. The number of carboxylic acid groups (broad SMARTS) is 1. The molecule has 0 radical (unpaired) electrons. The number of nitrogens with zero attached hydrogens (tertiary/aromatic N) is 2. The highest BCUT2D eigenvalue weighted by Crippen LogP contribution is 2.13. The fourth-order valence-corrected chi connectivity index (χ4v) is 1.62. The van der Waals surface area contributed by atoms with Crippen molar-refractivity contribution in [1.29, 1.82) is 0 Å². The first-order valence-corrected chi connectivity index (χ1v) is 6.01. The number of hydrogen-bond acceptors (Lipinski definition) is 4. The molecule has 2 N–H and O–H groups in total. The van der Waals surface area contributed by atoms with Gasteiger partial charge in [-0.15, -0.1) is 0 Å². The maximum atomic E-state index is 10.6. The predicted molar refractivity (Wildman–Crippen MR) is 66.1 cm³/mol. The number of piperazine rings is 1. The fraction of sp³-hybridized carbons (Fsp3) is 0.500. The van der Waals surface area contributed by atoms with E-state index in [1.54, 1.807) is 0 Å². The summed E-state index contributed by atoms with van der Waals surface area (Å²) in [5.41, 5.74) is 1.31. The molecule has 1 saturated heterocycles. The van der Waals surface area contributed by atoms with Crippen LogP contribution < -0.4 is 5.32 Å². The van der Waals surface area contributed by atoms with E-state index in [-0.39, 0.29) is 0 Å². The van der Waals surface area contributed by atoms with Gasteiger partial charge in [0.2, 0.25) is 0 Å². The van der Waals surface area contributed by atoms with Crippen LogP contribution in [0.5, 0.6) is 0 Å². The van der Waals surface area contributed by atoms with Gasteiger partial charge in [-0.1, -0.05) is 6.07 Å². The van der Waals surface area contributed by atoms with Crippen LogP contribution in [-0.4, -0.2) is 53.3 Å². The Bertz CT molecular complexity index is 406. The third-order valence-electron chi connectivity index (χ3n) is 2.58. The molecule has 20 heavy (non-hydrogen) atoms. The Morgan fingerprint density at radius 1 is 1.40 bits per heavy atom. The molecule has 8 heteroatoms. The number of aliphatic carboxylic acids is 1. The maximum Gasteiger partial charge on any atom is 0.490 e. The molecule has 5 nitrogen and oxygen atoms in total. The standard InChI is InChI=1S/C10H15N3.C2HF3O2/c1-2-10(8-12-3-1)9-13-6-4-11-5-7-13;3-2(4,5)1(6)7/h1-3,8,11H,4-7,9H2;(H,6,7). The minimum absolute atomic E-state index is 1.04. The summed E-state index contributed by atoms with van der Waals surface area (Å²) < 4.78 is 31.7. The van der Waals surface area contributed by atoms with Crippen molar-refractivity contribution in [3.63, 3.8) is 0 Å². The minimum atomic E-state index is -5.08. The van der Waals surface area contributed by atoms with Gasteiger partial charge in [-0.05, 0) is 11.6 Å². The third-order valence-corrected chi connectivity index (χ3v) is 2.58. The molecule has 1 aromatic rings. The van der Waals surface area contributed by atoms with Crippen LogP contribution >= 0.6 is 0 Å². The van der Waals surface area contributed by atoms with Crippen molar-refractivity contribution in [1.82, 2.24) is 15.2 Å². The van der Waals surface area contributed by atoms with Crippen LogP contribution in [0.2, 0.25) is 0 Å². The van der Waals surface area contributed by atoms with E-state index in [0.717, 1.165) is 32.7 Å². The van der Waals surface area contributed by atoms with E-state index in [1.807, 2.05) is 18.5 Å². The Hall–Kier alpha value is -1.67. The number of carboxylic acids is 1. The van der Waals surface area contributed by atoms with E-state index < -0.39 is 12.1 Å². The van der Waals surface area contributed by atoms with E-state index in [0.29, 0.717) is 0 Å². The van der Waals surface area contributed by atoms with Gasteiger partial charge in [0.25, 0.3) is 0 Å². The number of pyridine rings is 1. The van der Waals surface area contributed by atoms with Gasteiger partial charge in [0.15, 0.2) is 0 Å². The molecule has 0 amide bonds. The summed E-state index contributed by atoms with van der Waals surface area (Å²) in [5.74, 6) is -2.76. The molecule has 112 valence electrons. The number of aromatic nitrogens is 1. The fourth-order valence-electron chi connectivity index (χ4n) is 1.62. The highest BCUT2D eigenvalue weighted by Gasteiger charge is 2.38. The lowest BCUT2D eigenvalue weighted by atomic mass is 10.2. The Kier molecular flexibility index (Phi) is 6.40. The number of hydrogen-bond donors (Lipinski definition) is 2. The Labute approximate surface area is 114 Å². The molecule has 2 rings (SSSR count). The topological polar surface area (TPSA) is 65.5 Å². The normalized spacial score (nSPS) is 16.1. The van der Waals surface area contributed by atoms with Gasteiger partial charge in [0.05, 0.1) is 0 Å². The Balaban J connectivity index is 0.000000246. The second-order valence-corrected chi connectivity index (χ2v) is 4.19. The average Bonchev–Trinajstić information content (AvgIpc) is 2.40. The van der Waals surface area contributed by atoms with Crippen molar-refractivity contribution in [2.45, 2.75) is 12.7 Å². The van der Waals surface area contributed by atoms with Crippen LogP contribution in [0, 0.1) is 0 Å². The van der Waals surface area contributed by atoms with E-state index in [9.17, 15) is 13.2 Å². The summed E-state index contributed by atoms with van der Waals surface area (Å²) in [6.45, 7) is 5.56. The summed E-state index contributed by atoms with van der Waals surface area (Å²) in [7, 11) is 0. The zero-order valence-electron chi connectivity index (χ0n) is 10.7. The predicted octanol–water partition coefficient (Wildman–Crippen LogP) is 1.12. The first-order valence-electron chi connectivity index (χ1n) is 6.01. The summed E-state index contributed by atoms with van der Waals surface area (Å²) in [6.07, 6.45) is -1.32. The van der Waals surface area contributed by atoms with E-state index in [2.05, 4.69) is 21.3 Å². The number of rotatable bonds is 2. The van der Waals surface area contributed by atoms with Crippen molar-refractivity contribution in [2.24, 2.45) is 0 Å². The zero-order chi connectivity index (χ0) is 15.0. The third kappa shape index (κ3) is 6.48. The van der Waals surface area contributed by atoms with Crippen molar-refractivity contribution in [2.75, 3.05) is 26.2 Å². The number of carbonyl (C=O) groups is 1. The molecule has 0 aliphatic carbocycles. The SMILES string of the molecule is O=C(O)C(F)(F)F.c1cncc(CN2CCNCC2)c1. The Morgan fingerprint density at radius 2 is 2.00 bits per heavy atom. The largest absolute Gasteiger partial charge is 0.490 e. The smallest absolute Gasteiger partial charge is 0.475 e. The van der Waals surface area contributed by atoms with Crippen molar-refractivity contribution in [3.8, 4) is 0 Å². The minimum Gasteiger partial charge on any atom is -0.475 e. The molecular weight excluding hydrogens is 275 g/mol. The molecule has 0 bridgehead atoms. The lowest BCUT2D eigenvalue weighted by Gasteiger charge is -2.26. The summed E-state index contributed by atoms with van der Waals surface area (Å²) in [6, 6.07) is 4.13. The zero-order valence-corrected chi connectivity index (χ0v) is 10.7. The first-order chi connectivity index (χ1) is 9.39. The molecule has 1 aromatic heterocycles. The second kappa shape index (κ2) is 7.81. The molecule has 1 aliphatic heterocycles. The van der Waals surface area contributed by atoms with Gasteiger partial charge in [-0.25, -0.2) is 4.79 Å². The lowest BCUT2D eigenvalue weighted by Crippen LogP contribution is -2.42. The molecule has 1 aliphatic rings. The van der Waals surface area contributed by atoms with Gasteiger partial charge in [0, 0.05) is 45.1 Å². The average molecular weight is 291 g/mol. The van der Waals surface area contributed by atoms with Crippen molar-refractivity contribution >= 4 is 5.97 Å². The second-order valence-electron chi connectivity index (χ2n) is 4.19. The van der Waals surface area contributed by atoms with E-state index in [1.165, 1.54) is 5.56 Å². The van der Waals surface area contributed by atoms with Gasteiger partial charge < -0.3 is 10.4 Å². The number of nitrogens with one attached hydrogen (secondary N) is 1. The van der Waals surface area contributed by atoms with Crippen molar-refractivity contribution < 1.29 is 23.1 Å².